The molecule has 1 aromatic carbocycles. The van der Waals surface area contributed by atoms with E-state index < -0.39 is 0 Å². The number of nitrogens with zero attached hydrogens (tertiary/aromatic N) is 1. The van der Waals surface area contributed by atoms with Crippen LogP contribution in [0.25, 0.3) is 10.9 Å². The minimum absolute atomic E-state index is 0.0385. The van der Waals surface area contributed by atoms with Crippen molar-refractivity contribution in [2.24, 2.45) is 0 Å². The lowest BCUT2D eigenvalue weighted by molar-refractivity contribution is -0.132. The smallest absolute Gasteiger partial charge is 0.239 e. The van der Waals surface area contributed by atoms with Crippen LogP contribution in [-0.2, 0) is 9.59 Å². The molecule has 2 N–H and O–H groups in total. The highest BCUT2D eigenvalue weighted by atomic mass is 32.2. The van der Waals surface area contributed by atoms with Crippen molar-refractivity contribution < 1.29 is 9.59 Å². The fourth-order valence-corrected chi connectivity index (χ4v) is 4.97. The summed E-state index contributed by atoms with van der Waals surface area (Å²) >= 11 is 3.24. The van der Waals surface area contributed by atoms with Gasteiger partial charge in [0, 0.05) is 34.4 Å². The molecule has 0 spiro atoms. The minimum Gasteiger partial charge on any atom is -0.361 e. The molecule has 7 heteroatoms. The standard InChI is InChI=1S/C19H19N3O2S2/c23-18(10-22-12-25-11-19(22)24)21-9-15(17-6-3-7-26-17)14-8-20-16-5-2-1-4-13(14)16/h1-8,15,20H,9-12H2,(H,21,23)/t15-/m0/s1. The van der Waals surface area contributed by atoms with Gasteiger partial charge in [-0.05, 0) is 23.1 Å². The van der Waals surface area contributed by atoms with E-state index in [9.17, 15) is 9.59 Å². The average Bonchev–Trinajstić information content (AvgIpc) is 3.38. The third kappa shape index (κ3) is 3.50. The second-order valence-electron chi connectivity index (χ2n) is 6.23. The molecule has 2 aromatic heterocycles. The molecule has 3 aromatic rings. The van der Waals surface area contributed by atoms with Crippen LogP contribution >= 0.6 is 23.1 Å². The van der Waals surface area contributed by atoms with Gasteiger partial charge in [0.1, 0.15) is 6.54 Å². The van der Waals surface area contributed by atoms with E-state index in [-0.39, 0.29) is 24.3 Å². The molecule has 134 valence electrons. The molecule has 4 rings (SSSR count). The van der Waals surface area contributed by atoms with Crippen molar-refractivity contribution in [2.75, 3.05) is 24.7 Å². The molecule has 2 amide bonds. The van der Waals surface area contributed by atoms with Crippen LogP contribution in [0.2, 0.25) is 0 Å². The zero-order valence-electron chi connectivity index (χ0n) is 14.1. The van der Waals surface area contributed by atoms with Crippen molar-refractivity contribution in [1.82, 2.24) is 15.2 Å². The van der Waals surface area contributed by atoms with E-state index >= 15 is 0 Å². The van der Waals surface area contributed by atoms with Gasteiger partial charge < -0.3 is 15.2 Å². The number of benzene rings is 1. The second kappa shape index (κ2) is 7.55. The van der Waals surface area contributed by atoms with Crippen LogP contribution in [0.15, 0.2) is 48.0 Å². The van der Waals surface area contributed by atoms with Crippen molar-refractivity contribution in [2.45, 2.75) is 5.92 Å². The molecule has 1 aliphatic heterocycles. The SMILES string of the molecule is O=C(CN1CSCC1=O)NC[C@H](c1cccs1)c1c[nH]c2ccccc12. The van der Waals surface area contributed by atoms with Crippen LogP contribution in [0.5, 0.6) is 0 Å². The Kier molecular flexibility index (Phi) is 4.99. The lowest BCUT2D eigenvalue weighted by atomic mass is 9.96. The van der Waals surface area contributed by atoms with Gasteiger partial charge in [0.15, 0.2) is 0 Å². The highest BCUT2D eigenvalue weighted by Crippen LogP contribution is 2.32. The lowest BCUT2D eigenvalue weighted by Crippen LogP contribution is -2.39. The number of H-pyrrole nitrogens is 1. The molecule has 1 saturated heterocycles. The number of thioether (sulfide) groups is 1. The first kappa shape index (κ1) is 17.2. The molecule has 1 aliphatic rings. The number of amides is 2. The molecular weight excluding hydrogens is 366 g/mol. The van der Waals surface area contributed by atoms with Crippen LogP contribution in [0, 0.1) is 0 Å². The summed E-state index contributed by atoms with van der Waals surface area (Å²) in [7, 11) is 0. The van der Waals surface area contributed by atoms with Crippen molar-refractivity contribution >= 4 is 45.8 Å². The van der Waals surface area contributed by atoms with Gasteiger partial charge in [-0.3, -0.25) is 9.59 Å². The normalized spacial score (nSPS) is 15.5. The summed E-state index contributed by atoms with van der Waals surface area (Å²) in [5.41, 5.74) is 2.27. The van der Waals surface area contributed by atoms with Crippen LogP contribution in [0.1, 0.15) is 16.4 Å². The number of para-hydroxylation sites is 1. The Morgan fingerprint density at radius 2 is 2.15 bits per heavy atom. The number of rotatable bonds is 6. The Morgan fingerprint density at radius 3 is 2.92 bits per heavy atom. The van der Waals surface area contributed by atoms with E-state index in [1.807, 2.05) is 24.4 Å². The third-order valence-corrected chi connectivity index (χ3v) is 6.48. The van der Waals surface area contributed by atoms with Gasteiger partial charge in [-0.15, -0.1) is 23.1 Å². The van der Waals surface area contributed by atoms with Gasteiger partial charge in [-0.25, -0.2) is 0 Å². The summed E-state index contributed by atoms with van der Waals surface area (Å²) in [5.74, 6) is 1.08. The van der Waals surface area contributed by atoms with Crippen molar-refractivity contribution in [3.05, 3.63) is 58.4 Å². The van der Waals surface area contributed by atoms with E-state index in [4.69, 9.17) is 0 Å². The van der Waals surface area contributed by atoms with Crippen molar-refractivity contribution in [3.63, 3.8) is 0 Å². The molecule has 0 radical (unpaired) electrons. The summed E-state index contributed by atoms with van der Waals surface area (Å²) < 4.78 is 0. The van der Waals surface area contributed by atoms with Crippen LogP contribution in [0.3, 0.4) is 0 Å². The van der Waals surface area contributed by atoms with Crippen LogP contribution in [0.4, 0.5) is 0 Å². The Labute approximate surface area is 159 Å². The van der Waals surface area contributed by atoms with Crippen molar-refractivity contribution in [3.8, 4) is 0 Å². The second-order valence-corrected chi connectivity index (χ2v) is 8.17. The maximum atomic E-state index is 12.3. The molecule has 0 aliphatic carbocycles. The Morgan fingerprint density at radius 1 is 1.27 bits per heavy atom. The minimum atomic E-state index is -0.109. The number of aromatic nitrogens is 1. The molecule has 0 saturated carbocycles. The molecule has 1 atom stereocenters. The van der Waals surface area contributed by atoms with E-state index in [1.54, 1.807) is 28.0 Å². The fraction of sp³-hybridized carbons (Fsp3) is 0.263. The molecule has 26 heavy (non-hydrogen) atoms. The maximum Gasteiger partial charge on any atom is 0.239 e. The number of hydrogen-bond acceptors (Lipinski definition) is 4. The predicted octanol–water partition coefficient (Wildman–Crippen LogP) is 3.01. The molecule has 0 bridgehead atoms. The molecular formula is C19H19N3O2S2. The zero-order chi connectivity index (χ0) is 17.9. The van der Waals surface area contributed by atoms with Gasteiger partial charge >= 0.3 is 0 Å². The highest BCUT2D eigenvalue weighted by Gasteiger charge is 2.24. The van der Waals surface area contributed by atoms with E-state index in [2.05, 4.69) is 33.9 Å². The molecule has 1 fully saturated rings. The summed E-state index contributed by atoms with van der Waals surface area (Å²) in [6, 6.07) is 12.3. The van der Waals surface area contributed by atoms with E-state index in [1.165, 1.54) is 15.8 Å². The van der Waals surface area contributed by atoms with Gasteiger partial charge in [0.25, 0.3) is 0 Å². The van der Waals surface area contributed by atoms with E-state index in [0.29, 0.717) is 18.2 Å². The van der Waals surface area contributed by atoms with Crippen molar-refractivity contribution in [1.29, 1.82) is 0 Å². The Hall–Kier alpha value is -2.25. The van der Waals surface area contributed by atoms with Gasteiger partial charge in [0.05, 0.1) is 11.6 Å². The topological polar surface area (TPSA) is 65.2 Å². The molecule has 0 unspecified atom stereocenters. The summed E-state index contributed by atoms with van der Waals surface area (Å²) in [6.45, 7) is 0.646. The summed E-state index contributed by atoms with van der Waals surface area (Å²) in [4.78, 5) is 30.2. The third-order valence-electron chi connectivity index (χ3n) is 4.55. The first-order valence-corrected chi connectivity index (χ1v) is 10.5. The Bertz CT molecular complexity index is 920. The predicted molar refractivity (Wildman–Crippen MR) is 107 cm³/mol. The van der Waals surface area contributed by atoms with Gasteiger partial charge in [0.2, 0.25) is 11.8 Å². The monoisotopic (exact) mass is 385 g/mol. The maximum absolute atomic E-state index is 12.3. The number of nitrogens with one attached hydrogen (secondary N) is 2. The first-order valence-electron chi connectivity index (χ1n) is 8.44. The first-order chi connectivity index (χ1) is 12.7. The number of hydrogen-bond donors (Lipinski definition) is 2. The average molecular weight is 386 g/mol. The van der Waals surface area contributed by atoms with Gasteiger partial charge in [-0.1, -0.05) is 24.3 Å². The Balaban J connectivity index is 1.51. The molecule has 3 heterocycles. The number of thiophene rings is 1. The number of aromatic amines is 1. The lowest BCUT2D eigenvalue weighted by Gasteiger charge is -2.18. The summed E-state index contributed by atoms with van der Waals surface area (Å²) in [5, 5.41) is 6.25. The quantitative estimate of drug-likeness (QED) is 0.686. The number of carbonyl (C=O) groups is 2. The number of carbonyl (C=O) groups excluding carboxylic acids is 2. The van der Waals surface area contributed by atoms with Crippen LogP contribution < -0.4 is 5.32 Å². The largest absolute Gasteiger partial charge is 0.361 e. The van der Waals surface area contributed by atoms with E-state index in [0.717, 1.165) is 5.52 Å². The van der Waals surface area contributed by atoms with Crippen LogP contribution in [-0.4, -0.2) is 46.4 Å². The highest BCUT2D eigenvalue weighted by molar-refractivity contribution is 8.00. The van der Waals surface area contributed by atoms with Gasteiger partial charge in [-0.2, -0.15) is 0 Å². The summed E-state index contributed by atoms with van der Waals surface area (Å²) in [6.07, 6.45) is 2.03. The molecule has 5 nitrogen and oxygen atoms in total. The number of fused-ring (bicyclic) bond motifs is 1. The fourth-order valence-electron chi connectivity index (χ4n) is 3.22. The zero-order valence-corrected chi connectivity index (χ0v) is 15.7.